The highest BCUT2D eigenvalue weighted by Gasteiger charge is 2.26. The summed E-state index contributed by atoms with van der Waals surface area (Å²) in [4.78, 5) is 9.72. The Morgan fingerprint density at radius 1 is 1.92 bits per heavy atom. The topological polar surface area (TPSA) is 42.0 Å². The molecule has 1 aliphatic rings. The Hall–Kier alpha value is 0.531. The van der Waals surface area contributed by atoms with Crippen LogP contribution in [0.5, 0.6) is 0 Å². The average Bonchev–Trinajstić information content (AvgIpc) is 2.88. The molecule has 1 rings (SSSR count). The first kappa shape index (κ1) is 10.6. The molecule has 1 heterocycles. The average molecular weight is 222 g/mol. The lowest BCUT2D eigenvalue weighted by molar-refractivity contribution is 0.0800. The van der Waals surface area contributed by atoms with E-state index in [1.54, 1.807) is 0 Å². The molecule has 0 aromatic heterocycles. The van der Waals surface area contributed by atoms with Gasteiger partial charge < -0.3 is 14.3 Å². The normalized spacial score (nSPS) is 28.0. The van der Waals surface area contributed by atoms with Gasteiger partial charge in [-0.1, -0.05) is 6.92 Å². The number of rotatable bonds is 6. The number of ether oxygens (including phenoxy) is 2. The van der Waals surface area contributed by atoms with Gasteiger partial charge in [-0.15, -0.1) is 0 Å². The third-order valence-electron chi connectivity index (χ3n) is 2.15. The predicted molar refractivity (Wildman–Crippen MR) is 57.6 cm³/mol. The molecule has 0 radical (unpaired) electrons. The van der Waals surface area contributed by atoms with Crippen molar-refractivity contribution >= 4 is 26.9 Å². The maximum Gasteiger partial charge on any atom is 0.178 e. The van der Waals surface area contributed by atoms with Crippen molar-refractivity contribution in [3.05, 3.63) is 0 Å². The lowest BCUT2D eigenvalue weighted by atomic mass is 10.5. The first-order valence-corrected chi connectivity index (χ1v) is 14.8. The molecule has 0 spiro atoms. The molecule has 0 bridgehead atoms. The van der Waals surface area contributed by atoms with E-state index in [1.165, 1.54) is 9.76 Å². The van der Waals surface area contributed by atoms with E-state index in [0.717, 1.165) is 13.0 Å². The lowest BCUT2D eigenvalue weighted by Crippen LogP contribution is -2.40. The van der Waals surface area contributed by atoms with Crippen molar-refractivity contribution in [1.82, 2.24) is 0 Å². The summed E-state index contributed by atoms with van der Waals surface area (Å²) in [6, 6.07) is 0. The van der Waals surface area contributed by atoms with Crippen LogP contribution in [0.2, 0.25) is 0 Å². The van der Waals surface area contributed by atoms with E-state index in [9.17, 15) is 4.80 Å². The van der Waals surface area contributed by atoms with Gasteiger partial charge in [0.1, 0.15) is 6.10 Å². The molecule has 3 unspecified atom stereocenters. The van der Waals surface area contributed by atoms with Gasteiger partial charge in [0.25, 0.3) is 0 Å². The van der Waals surface area contributed by atoms with Crippen LogP contribution in [0.4, 0.5) is 0 Å². The van der Waals surface area contributed by atoms with Gasteiger partial charge in [0.2, 0.25) is 0 Å². The first-order valence-electron chi connectivity index (χ1n) is 4.69. The fraction of sp³-hybridized carbons (Fsp3) is 1.00. The van der Waals surface area contributed by atoms with Gasteiger partial charge in [-0.05, 0) is 16.2 Å². The van der Waals surface area contributed by atoms with Crippen molar-refractivity contribution in [3.63, 3.8) is 0 Å². The second-order valence-electron chi connectivity index (χ2n) is 3.21. The number of hydrogen-bond acceptors (Lipinski definition) is 3. The van der Waals surface area contributed by atoms with E-state index in [4.69, 9.17) is 9.47 Å². The van der Waals surface area contributed by atoms with Crippen molar-refractivity contribution in [3.8, 4) is 0 Å². The minimum absolute atomic E-state index is 0.0770. The molecule has 0 aliphatic carbocycles. The zero-order valence-electron chi connectivity index (χ0n) is 7.82. The number of epoxide rings is 1. The van der Waals surface area contributed by atoms with Gasteiger partial charge in [-0.3, -0.25) is 0 Å². The summed E-state index contributed by atoms with van der Waals surface area (Å²) in [7, 11) is -0.248. The van der Waals surface area contributed by atoms with Crippen LogP contribution in [0, 0.1) is 0 Å². The third kappa shape index (κ3) is 3.50. The molecule has 1 fully saturated rings. The number of hydrogen-bond donors (Lipinski definition) is 1. The van der Waals surface area contributed by atoms with Crippen molar-refractivity contribution in [2.75, 3.05) is 13.2 Å². The quantitative estimate of drug-likeness (QED) is 0.395. The van der Waals surface area contributed by atoms with Crippen LogP contribution < -0.4 is 0 Å². The largest absolute Gasteiger partial charge is 0.436 e. The van der Waals surface area contributed by atoms with Crippen LogP contribution in [0.15, 0.2) is 0 Å². The maximum atomic E-state index is 9.72. The molecule has 12 heavy (non-hydrogen) atoms. The van der Waals surface area contributed by atoms with Gasteiger partial charge in [0.15, 0.2) is 8.56 Å². The Morgan fingerprint density at radius 2 is 2.58 bits per heavy atom. The highest BCUT2D eigenvalue weighted by molar-refractivity contribution is 7.29. The maximum absolute atomic E-state index is 9.72. The summed E-state index contributed by atoms with van der Waals surface area (Å²) in [6.07, 6.45) is 1.33. The van der Waals surface area contributed by atoms with Gasteiger partial charge in [-0.2, -0.15) is 0 Å². The standard InChI is InChI=1S/C6H18O3Si3/c1-2-6(12(7)11-10)9-4-5-3-8-5/h5-7,12H,2-4,11H2,1,10H3. The van der Waals surface area contributed by atoms with Gasteiger partial charge >= 0.3 is 0 Å². The SMILES string of the molecule is CCC(OCC1CO1)[SiH](O)[SiH2][SiH3]. The molecule has 3 atom stereocenters. The second kappa shape index (κ2) is 5.30. The highest BCUT2D eigenvalue weighted by Crippen LogP contribution is 2.11. The Kier molecular flexibility index (Phi) is 4.69. The summed E-state index contributed by atoms with van der Waals surface area (Å²) in [6.45, 7) is 3.66. The first-order chi connectivity index (χ1) is 5.77. The molecule has 0 saturated carbocycles. The molecule has 1 saturated heterocycles. The van der Waals surface area contributed by atoms with E-state index in [2.05, 4.69) is 6.92 Å². The predicted octanol–water partition coefficient (Wildman–Crippen LogP) is -2.62. The summed E-state index contributed by atoms with van der Waals surface area (Å²) in [5, 5.41) is 0. The van der Waals surface area contributed by atoms with E-state index < -0.39 is 8.56 Å². The molecular formula is C6H18O3Si3. The molecule has 6 heteroatoms. The molecule has 1 N–H and O–H groups in total. The second-order valence-corrected chi connectivity index (χ2v) is 18.2. The van der Waals surface area contributed by atoms with Gasteiger partial charge in [0.05, 0.1) is 18.9 Å². The Balaban J connectivity index is 2.13. The minimum Gasteiger partial charge on any atom is -0.436 e. The minimum atomic E-state index is -1.40. The summed E-state index contributed by atoms with van der Waals surface area (Å²) >= 11 is 0. The van der Waals surface area contributed by atoms with Crippen LogP contribution in [0.3, 0.4) is 0 Å². The molecular weight excluding hydrogens is 204 g/mol. The molecule has 72 valence electrons. The molecule has 1 aliphatic heterocycles. The highest BCUT2D eigenvalue weighted by atomic mass is 29.5. The third-order valence-corrected chi connectivity index (χ3v) is 16.1. The van der Waals surface area contributed by atoms with Crippen molar-refractivity contribution in [2.24, 2.45) is 0 Å². The summed E-state index contributed by atoms with van der Waals surface area (Å²) < 4.78 is 10.7. The molecule has 3 nitrogen and oxygen atoms in total. The summed E-state index contributed by atoms with van der Waals surface area (Å²) in [5.41, 5.74) is 0.221. The van der Waals surface area contributed by atoms with Gasteiger partial charge in [-0.25, -0.2) is 0 Å². The monoisotopic (exact) mass is 222 g/mol. The van der Waals surface area contributed by atoms with Crippen LogP contribution >= 0.6 is 0 Å². The Morgan fingerprint density at radius 3 is 3.00 bits per heavy atom. The zero-order valence-corrected chi connectivity index (χ0v) is 12.4. The fourth-order valence-electron chi connectivity index (χ4n) is 1.16. The van der Waals surface area contributed by atoms with E-state index in [1.807, 2.05) is 0 Å². The van der Waals surface area contributed by atoms with Crippen LogP contribution in [-0.2, 0) is 9.47 Å². The molecule has 0 aromatic carbocycles. The van der Waals surface area contributed by atoms with E-state index in [0.29, 0.717) is 12.7 Å². The Bertz CT molecular complexity index is 131. The van der Waals surface area contributed by atoms with Crippen molar-refractivity contribution in [1.29, 1.82) is 0 Å². The van der Waals surface area contributed by atoms with Crippen LogP contribution in [0.1, 0.15) is 13.3 Å². The van der Waals surface area contributed by atoms with Crippen molar-refractivity contribution in [2.45, 2.75) is 25.2 Å². The van der Waals surface area contributed by atoms with Crippen LogP contribution in [-0.4, -0.2) is 56.7 Å². The fourth-order valence-corrected chi connectivity index (χ4v) is 10.3. The van der Waals surface area contributed by atoms with E-state index >= 15 is 0 Å². The smallest absolute Gasteiger partial charge is 0.178 e. The van der Waals surface area contributed by atoms with E-state index in [-0.39, 0.29) is 14.3 Å². The van der Waals surface area contributed by atoms with Crippen molar-refractivity contribution < 1.29 is 14.3 Å². The summed E-state index contributed by atoms with van der Waals surface area (Å²) in [5.74, 6) is 0. The molecule has 0 aromatic rings. The van der Waals surface area contributed by atoms with Gasteiger partial charge in [0, 0.05) is 8.55 Å². The zero-order chi connectivity index (χ0) is 8.97. The molecule has 0 amide bonds. The van der Waals surface area contributed by atoms with Crippen LogP contribution in [0.25, 0.3) is 0 Å². The lowest BCUT2D eigenvalue weighted by Gasteiger charge is -2.18. The Labute approximate surface area is 80.0 Å².